The molecule has 0 atom stereocenters. The van der Waals surface area contributed by atoms with E-state index >= 15 is 0 Å². The highest BCUT2D eigenvalue weighted by atomic mass is 16.5. The van der Waals surface area contributed by atoms with Gasteiger partial charge in [0.05, 0.1) is 12.8 Å². The van der Waals surface area contributed by atoms with Gasteiger partial charge in [-0.05, 0) is 19.1 Å². The molecule has 0 aliphatic carbocycles. The van der Waals surface area contributed by atoms with Crippen LogP contribution in [0.5, 0.6) is 5.75 Å². The van der Waals surface area contributed by atoms with Crippen molar-refractivity contribution in [3.05, 3.63) is 24.0 Å². The third-order valence-corrected chi connectivity index (χ3v) is 2.34. The number of aromatic nitrogens is 2. The van der Waals surface area contributed by atoms with Crippen LogP contribution in [-0.4, -0.2) is 38.4 Å². The Bertz CT molecular complexity index is 632. The van der Waals surface area contributed by atoms with E-state index in [4.69, 9.17) is 14.9 Å². The summed E-state index contributed by atoms with van der Waals surface area (Å²) < 4.78 is 5.85. The van der Waals surface area contributed by atoms with Crippen molar-refractivity contribution in [3.8, 4) is 5.75 Å². The Morgan fingerprint density at radius 2 is 2.11 bits per heavy atom. The highest BCUT2D eigenvalue weighted by Gasteiger charge is 2.20. The Kier molecular flexibility index (Phi) is 2.88. The highest BCUT2D eigenvalue weighted by Crippen LogP contribution is 2.22. The zero-order valence-corrected chi connectivity index (χ0v) is 9.45. The summed E-state index contributed by atoms with van der Waals surface area (Å²) in [5.74, 6) is -0.863. The van der Waals surface area contributed by atoms with E-state index in [1.165, 1.54) is 12.3 Å². The maximum Gasteiger partial charge on any atom is 0.417 e. The van der Waals surface area contributed by atoms with Crippen LogP contribution in [0.2, 0.25) is 0 Å². The zero-order valence-electron chi connectivity index (χ0n) is 9.45. The van der Waals surface area contributed by atoms with E-state index in [0.29, 0.717) is 22.3 Å². The van der Waals surface area contributed by atoms with Crippen molar-refractivity contribution in [1.29, 1.82) is 0 Å². The molecule has 0 aliphatic heterocycles. The first kappa shape index (κ1) is 11.9. The molecule has 0 saturated carbocycles. The summed E-state index contributed by atoms with van der Waals surface area (Å²) in [7, 11) is 0. The van der Waals surface area contributed by atoms with Gasteiger partial charge in [0.15, 0.2) is 5.65 Å². The van der Waals surface area contributed by atoms with Gasteiger partial charge in [-0.15, -0.1) is 0 Å². The van der Waals surface area contributed by atoms with Gasteiger partial charge in [0.25, 0.3) is 0 Å². The van der Waals surface area contributed by atoms with E-state index in [1.54, 1.807) is 13.0 Å². The van der Waals surface area contributed by atoms with E-state index in [9.17, 15) is 9.59 Å². The predicted octanol–water partition coefficient (Wildman–Crippen LogP) is 1.66. The number of ether oxygens (including phenoxy) is 1. The number of carbonyl (C=O) groups is 2. The summed E-state index contributed by atoms with van der Waals surface area (Å²) in [6.07, 6.45) is -0.0317. The largest absolute Gasteiger partial charge is 0.492 e. The Balaban J connectivity index is 2.68. The molecule has 0 spiro atoms. The molecule has 2 aromatic rings. The summed E-state index contributed by atoms with van der Waals surface area (Å²) >= 11 is 0. The number of pyridine rings is 1. The third kappa shape index (κ3) is 1.86. The topological polar surface area (TPSA) is 102 Å². The van der Waals surface area contributed by atoms with Crippen molar-refractivity contribution in [3.63, 3.8) is 0 Å². The van der Waals surface area contributed by atoms with Gasteiger partial charge in [-0.3, -0.25) is 0 Å². The molecule has 94 valence electrons. The molecule has 0 fully saturated rings. The number of carboxylic acid groups (broad SMARTS) is 2. The van der Waals surface area contributed by atoms with Crippen LogP contribution in [0.15, 0.2) is 18.3 Å². The molecular formula is C11H10N2O5. The van der Waals surface area contributed by atoms with Gasteiger partial charge >= 0.3 is 12.1 Å². The fraction of sp³-hybridized carbons (Fsp3) is 0.182. The summed E-state index contributed by atoms with van der Waals surface area (Å²) in [6, 6.07) is 2.80. The number of carboxylic acids is 1. The lowest BCUT2D eigenvalue weighted by Crippen LogP contribution is -2.15. The second-order valence-electron chi connectivity index (χ2n) is 3.47. The van der Waals surface area contributed by atoms with Crippen LogP contribution in [-0.2, 0) is 0 Å². The van der Waals surface area contributed by atoms with Crippen LogP contribution in [0.25, 0.3) is 11.0 Å². The minimum absolute atomic E-state index is 0.0725. The van der Waals surface area contributed by atoms with Gasteiger partial charge in [-0.2, -0.15) is 0 Å². The van der Waals surface area contributed by atoms with E-state index < -0.39 is 12.1 Å². The lowest BCUT2D eigenvalue weighted by atomic mass is 10.3. The lowest BCUT2D eigenvalue weighted by molar-refractivity contribution is 0.0684. The first-order chi connectivity index (χ1) is 8.54. The molecule has 2 rings (SSSR count). The average Bonchev–Trinajstić information content (AvgIpc) is 2.68. The maximum absolute atomic E-state index is 11.0. The quantitative estimate of drug-likeness (QED) is 0.858. The Labute approximate surface area is 101 Å². The summed E-state index contributed by atoms with van der Waals surface area (Å²) in [4.78, 5) is 25.9. The molecule has 18 heavy (non-hydrogen) atoms. The Hall–Kier alpha value is -2.57. The Morgan fingerprint density at radius 1 is 1.39 bits per heavy atom. The fourth-order valence-electron chi connectivity index (χ4n) is 1.67. The van der Waals surface area contributed by atoms with Gasteiger partial charge < -0.3 is 14.9 Å². The standard InChI is InChI=1S/C11H10N2O5/c1-2-18-7-3-6-4-8(10(14)15)13(11(16)17)9(6)12-5-7/h3-5H,2H2,1H3,(H,14,15)(H,16,17). The molecule has 2 heterocycles. The number of fused-ring (bicyclic) bond motifs is 1. The van der Waals surface area contributed by atoms with Crippen LogP contribution in [0, 0.1) is 0 Å². The monoisotopic (exact) mass is 250 g/mol. The molecule has 0 aliphatic rings. The molecule has 7 nitrogen and oxygen atoms in total. The summed E-state index contributed by atoms with van der Waals surface area (Å²) in [5.41, 5.74) is -0.276. The van der Waals surface area contributed by atoms with Gasteiger partial charge in [0.1, 0.15) is 11.4 Å². The van der Waals surface area contributed by atoms with Crippen molar-refractivity contribution in [2.45, 2.75) is 6.92 Å². The van der Waals surface area contributed by atoms with Crippen LogP contribution >= 0.6 is 0 Å². The van der Waals surface area contributed by atoms with E-state index in [0.717, 1.165) is 0 Å². The molecule has 2 N–H and O–H groups in total. The molecule has 0 saturated heterocycles. The normalized spacial score (nSPS) is 10.5. The van der Waals surface area contributed by atoms with Crippen molar-refractivity contribution in [2.24, 2.45) is 0 Å². The van der Waals surface area contributed by atoms with Crippen LogP contribution < -0.4 is 4.74 Å². The van der Waals surface area contributed by atoms with E-state index in [-0.39, 0.29) is 11.3 Å². The number of hydrogen-bond acceptors (Lipinski definition) is 4. The Morgan fingerprint density at radius 3 is 2.67 bits per heavy atom. The lowest BCUT2D eigenvalue weighted by Gasteiger charge is -2.03. The van der Waals surface area contributed by atoms with Gasteiger partial charge in [0, 0.05) is 5.39 Å². The average molecular weight is 250 g/mol. The fourth-order valence-corrected chi connectivity index (χ4v) is 1.67. The van der Waals surface area contributed by atoms with Crippen molar-refractivity contribution >= 4 is 23.1 Å². The molecule has 0 aromatic carbocycles. The van der Waals surface area contributed by atoms with Crippen molar-refractivity contribution in [1.82, 2.24) is 9.55 Å². The third-order valence-electron chi connectivity index (χ3n) is 2.34. The number of nitrogens with zero attached hydrogens (tertiary/aromatic N) is 2. The molecule has 0 radical (unpaired) electrons. The number of aromatic carboxylic acids is 1. The highest BCUT2D eigenvalue weighted by molar-refractivity contribution is 5.99. The molecule has 0 bridgehead atoms. The first-order valence-corrected chi connectivity index (χ1v) is 5.15. The molecule has 2 aromatic heterocycles. The number of hydrogen-bond donors (Lipinski definition) is 2. The second-order valence-corrected chi connectivity index (χ2v) is 3.47. The van der Waals surface area contributed by atoms with Gasteiger partial charge in [-0.1, -0.05) is 0 Å². The minimum atomic E-state index is -1.39. The van der Waals surface area contributed by atoms with E-state index in [2.05, 4.69) is 4.98 Å². The van der Waals surface area contributed by atoms with Crippen LogP contribution in [0.3, 0.4) is 0 Å². The molecule has 7 heteroatoms. The molecular weight excluding hydrogens is 240 g/mol. The minimum Gasteiger partial charge on any atom is -0.492 e. The summed E-state index contributed by atoms with van der Waals surface area (Å²) in [5, 5.41) is 18.4. The second kappa shape index (κ2) is 4.36. The van der Waals surface area contributed by atoms with Gasteiger partial charge in [-0.25, -0.2) is 19.1 Å². The van der Waals surface area contributed by atoms with E-state index in [1.807, 2.05) is 0 Å². The van der Waals surface area contributed by atoms with Crippen LogP contribution in [0.1, 0.15) is 17.4 Å². The maximum atomic E-state index is 11.0. The van der Waals surface area contributed by atoms with Crippen LogP contribution in [0.4, 0.5) is 4.79 Å². The van der Waals surface area contributed by atoms with Gasteiger partial charge in [0.2, 0.25) is 0 Å². The van der Waals surface area contributed by atoms with Crippen molar-refractivity contribution in [2.75, 3.05) is 6.61 Å². The summed E-state index contributed by atoms with van der Waals surface area (Å²) in [6.45, 7) is 2.24. The van der Waals surface area contributed by atoms with Crippen molar-refractivity contribution < 1.29 is 24.5 Å². The zero-order chi connectivity index (χ0) is 13.3. The predicted molar refractivity (Wildman–Crippen MR) is 61.3 cm³/mol. The smallest absolute Gasteiger partial charge is 0.417 e. The first-order valence-electron chi connectivity index (χ1n) is 5.15. The SMILES string of the molecule is CCOc1cnc2c(c1)cc(C(=O)O)n2C(=O)O. The molecule has 0 unspecified atom stereocenters. The molecule has 0 amide bonds. The number of rotatable bonds is 3.